The number of hydrogen-bond acceptors (Lipinski definition) is 4. The number of halogens is 1. The Kier molecular flexibility index (Phi) is 6.14. The number of aromatic nitrogens is 3. The minimum Gasteiger partial charge on any atom is -0.333 e. The van der Waals surface area contributed by atoms with Gasteiger partial charge in [0.2, 0.25) is 11.1 Å². The van der Waals surface area contributed by atoms with Crippen LogP contribution in [0.4, 0.5) is 4.39 Å². The second-order valence-corrected chi connectivity index (χ2v) is 8.31. The fraction of sp³-hybridized carbons (Fsp3) is 0.286. The molecule has 0 saturated heterocycles. The van der Waals surface area contributed by atoms with Crippen molar-refractivity contribution in [3.8, 4) is 11.4 Å². The molecule has 5 nitrogen and oxygen atoms in total. The molecule has 0 bridgehead atoms. The number of thioether (sulfide) groups is 1. The summed E-state index contributed by atoms with van der Waals surface area (Å²) in [5.74, 6) is 0.190. The molecule has 0 radical (unpaired) electrons. The van der Waals surface area contributed by atoms with Crippen molar-refractivity contribution in [2.45, 2.75) is 38.0 Å². The number of nitrogens with one attached hydrogen (secondary N) is 1. The zero-order chi connectivity index (χ0) is 20.1. The van der Waals surface area contributed by atoms with Crippen LogP contribution >= 0.6 is 11.8 Å². The second-order valence-electron chi connectivity index (χ2n) is 7.37. The lowest BCUT2D eigenvalue weighted by Gasteiger charge is -2.35. The minimum atomic E-state index is -0.368. The van der Waals surface area contributed by atoms with Crippen LogP contribution in [-0.4, -0.2) is 37.3 Å². The van der Waals surface area contributed by atoms with Gasteiger partial charge in [-0.05, 0) is 38.5 Å². The van der Waals surface area contributed by atoms with Crippen molar-refractivity contribution in [2.75, 3.05) is 5.75 Å². The largest absolute Gasteiger partial charge is 0.333 e. The fourth-order valence-corrected chi connectivity index (χ4v) is 3.43. The maximum atomic E-state index is 13.9. The van der Waals surface area contributed by atoms with Crippen molar-refractivity contribution in [2.24, 2.45) is 0 Å². The molecule has 3 aromatic rings. The van der Waals surface area contributed by atoms with Gasteiger partial charge in [-0.2, -0.15) is 0 Å². The highest BCUT2D eigenvalue weighted by atomic mass is 32.2. The topological polar surface area (TPSA) is 61.9 Å². The van der Waals surface area contributed by atoms with Crippen molar-refractivity contribution in [3.05, 3.63) is 66.0 Å². The minimum absolute atomic E-state index is 0.00130. The molecule has 7 heteroatoms. The van der Waals surface area contributed by atoms with Gasteiger partial charge in [-0.3, -0.25) is 9.89 Å². The van der Waals surface area contributed by atoms with Crippen LogP contribution in [0.15, 0.2) is 59.8 Å². The van der Waals surface area contributed by atoms with Gasteiger partial charge in [-0.25, -0.2) is 9.37 Å². The third kappa shape index (κ3) is 4.98. The third-order valence-corrected chi connectivity index (χ3v) is 5.04. The van der Waals surface area contributed by atoms with E-state index >= 15 is 0 Å². The highest BCUT2D eigenvalue weighted by Gasteiger charge is 2.26. The molecule has 0 saturated carbocycles. The van der Waals surface area contributed by atoms with Crippen LogP contribution in [0.1, 0.15) is 26.3 Å². The van der Waals surface area contributed by atoms with E-state index in [-0.39, 0.29) is 23.0 Å². The summed E-state index contributed by atoms with van der Waals surface area (Å²) in [6.07, 6.45) is 0. The van der Waals surface area contributed by atoms with E-state index in [1.165, 1.54) is 17.8 Å². The molecule has 28 heavy (non-hydrogen) atoms. The quantitative estimate of drug-likeness (QED) is 0.620. The van der Waals surface area contributed by atoms with E-state index in [4.69, 9.17) is 0 Å². The predicted molar refractivity (Wildman–Crippen MR) is 109 cm³/mol. The molecule has 146 valence electrons. The Morgan fingerprint density at radius 3 is 2.46 bits per heavy atom. The fourth-order valence-electron chi connectivity index (χ4n) is 2.75. The van der Waals surface area contributed by atoms with Crippen molar-refractivity contribution in [1.82, 2.24) is 20.1 Å². The summed E-state index contributed by atoms with van der Waals surface area (Å²) in [5, 5.41) is 7.26. The molecule has 0 fully saturated rings. The van der Waals surface area contributed by atoms with Crippen LogP contribution in [0.2, 0.25) is 0 Å². The molecule has 1 heterocycles. The van der Waals surface area contributed by atoms with Crippen molar-refractivity contribution in [3.63, 3.8) is 0 Å². The number of aromatic amines is 1. The molecule has 0 aliphatic rings. The van der Waals surface area contributed by atoms with Crippen LogP contribution in [-0.2, 0) is 11.3 Å². The molecule has 1 aromatic heterocycles. The van der Waals surface area contributed by atoms with Gasteiger partial charge in [0, 0.05) is 12.1 Å². The lowest BCUT2D eigenvalue weighted by Crippen LogP contribution is -2.45. The van der Waals surface area contributed by atoms with E-state index < -0.39 is 0 Å². The molecule has 0 aliphatic carbocycles. The normalized spacial score (nSPS) is 11.4. The summed E-state index contributed by atoms with van der Waals surface area (Å²) in [4.78, 5) is 19.0. The Balaban J connectivity index is 1.67. The van der Waals surface area contributed by atoms with Crippen LogP contribution in [0.5, 0.6) is 0 Å². The average Bonchev–Trinajstić information content (AvgIpc) is 3.13. The van der Waals surface area contributed by atoms with E-state index in [2.05, 4.69) is 15.2 Å². The Labute approximate surface area is 168 Å². The summed E-state index contributed by atoms with van der Waals surface area (Å²) >= 11 is 1.24. The zero-order valence-electron chi connectivity index (χ0n) is 16.1. The first-order valence-electron chi connectivity index (χ1n) is 8.99. The summed E-state index contributed by atoms with van der Waals surface area (Å²) in [6.45, 7) is 6.59. The number of hydrogen-bond donors (Lipinski definition) is 1. The van der Waals surface area contributed by atoms with Gasteiger partial charge >= 0.3 is 0 Å². The number of amides is 1. The highest BCUT2D eigenvalue weighted by Crippen LogP contribution is 2.24. The predicted octanol–water partition coefficient (Wildman–Crippen LogP) is 4.53. The third-order valence-electron chi connectivity index (χ3n) is 4.21. The van der Waals surface area contributed by atoms with Crippen LogP contribution in [0.3, 0.4) is 0 Å². The standard InChI is InChI=1S/C21H23FN4OS/c1-21(2,3)26(13-15-9-5-4-6-10-15)18(27)14-28-20-23-19(24-25-20)16-11-7-8-12-17(16)22/h4-12H,13-14H2,1-3H3,(H,23,24,25). The van der Waals surface area contributed by atoms with Gasteiger partial charge in [-0.1, -0.05) is 54.2 Å². The number of benzene rings is 2. The second kappa shape index (κ2) is 8.56. The first-order valence-corrected chi connectivity index (χ1v) is 9.97. The Hall–Kier alpha value is -2.67. The summed E-state index contributed by atoms with van der Waals surface area (Å²) in [7, 11) is 0. The molecule has 3 rings (SSSR count). The van der Waals surface area contributed by atoms with Gasteiger partial charge in [-0.15, -0.1) is 5.10 Å². The van der Waals surface area contributed by atoms with E-state index in [9.17, 15) is 9.18 Å². The lowest BCUT2D eigenvalue weighted by molar-refractivity contribution is -0.133. The number of carbonyl (C=O) groups excluding carboxylic acids is 1. The number of nitrogens with zero attached hydrogens (tertiary/aromatic N) is 3. The molecular formula is C21H23FN4OS. The first kappa shape index (κ1) is 20.1. The molecule has 1 N–H and O–H groups in total. The molecular weight excluding hydrogens is 375 g/mol. The van der Waals surface area contributed by atoms with E-state index in [1.807, 2.05) is 56.0 Å². The molecule has 2 aromatic carbocycles. The van der Waals surface area contributed by atoms with E-state index in [0.717, 1.165) is 5.56 Å². The van der Waals surface area contributed by atoms with E-state index in [0.29, 0.717) is 23.1 Å². The van der Waals surface area contributed by atoms with Gasteiger partial charge in [0.1, 0.15) is 5.82 Å². The van der Waals surface area contributed by atoms with Gasteiger partial charge < -0.3 is 4.90 Å². The van der Waals surface area contributed by atoms with Crippen LogP contribution in [0, 0.1) is 5.82 Å². The van der Waals surface area contributed by atoms with Crippen LogP contribution < -0.4 is 0 Å². The summed E-state index contributed by atoms with van der Waals surface area (Å²) in [6, 6.07) is 16.3. The first-order chi connectivity index (χ1) is 13.3. The SMILES string of the molecule is CC(C)(C)N(Cc1ccccc1)C(=O)CSc1n[nH]c(-c2ccccc2F)n1. The number of H-pyrrole nitrogens is 1. The van der Waals surface area contributed by atoms with Gasteiger partial charge in [0.05, 0.1) is 11.3 Å². The van der Waals surface area contributed by atoms with E-state index in [1.54, 1.807) is 18.2 Å². The summed E-state index contributed by atoms with van der Waals surface area (Å²) in [5.41, 5.74) is 1.12. The highest BCUT2D eigenvalue weighted by molar-refractivity contribution is 7.99. The lowest BCUT2D eigenvalue weighted by atomic mass is 10.0. The Bertz CT molecular complexity index is 937. The molecule has 0 spiro atoms. The summed E-state index contributed by atoms with van der Waals surface area (Å²) < 4.78 is 13.9. The molecule has 0 aliphatic heterocycles. The van der Waals surface area contributed by atoms with Crippen LogP contribution in [0.25, 0.3) is 11.4 Å². The zero-order valence-corrected chi connectivity index (χ0v) is 17.0. The monoisotopic (exact) mass is 398 g/mol. The van der Waals surface area contributed by atoms with Gasteiger partial charge in [0.15, 0.2) is 5.82 Å². The number of rotatable bonds is 6. The smallest absolute Gasteiger partial charge is 0.233 e. The maximum absolute atomic E-state index is 13.9. The number of carbonyl (C=O) groups is 1. The molecule has 0 atom stereocenters. The van der Waals surface area contributed by atoms with Gasteiger partial charge in [0.25, 0.3) is 0 Å². The maximum Gasteiger partial charge on any atom is 0.233 e. The van der Waals surface area contributed by atoms with Crippen molar-refractivity contribution < 1.29 is 9.18 Å². The average molecular weight is 399 g/mol. The van der Waals surface area contributed by atoms with Crippen molar-refractivity contribution >= 4 is 17.7 Å². The Morgan fingerprint density at radius 2 is 1.79 bits per heavy atom. The molecule has 0 unspecified atom stereocenters. The Morgan fingerprint density at radius 1 is 1.11 bits per heavy atom. The molecule has 1 amide bonds. The van der Waals surface area contributed by atoms with Crippen molar-refractivity contribution in [1.29, 1.82) is 0 Å².